The molecule has 1 aliphatic rings. The molecule has 1 saturated heterocycles. The Balaban J connectivity index is 1.79. The highest BCUT2D eigenvalue weighted by Crippen LogP contribution is 2.33. The van der Waals surface area contributed by atoms with Gasteiger partial charge in [0.15, 0.2) is 0 Å². The number of carbonyl (C=O) groups excluding carboxylic acids is 2. The van der Waals surface area contributed by atoms with Crippen LogP contribution in [0.4, 0.5) is 5.69 Å². The lowest BCUT2D eigenvalue weighted by Gasteiger charge is -2.32. The Morgan fingerprint density at radius 1 is 1.12 bits per heavy atom. The van der Waals surface area contributed by atoms with E-state index in [0.717, 1.165) is 41.1 Å². The van der Waals surface area contributed by atoms with Crippen LogP contribution in [0, 0.1) is 27.7 Å². The monoisotopic (exact) mass is 477 g/mol. The van der Waals surface area contributed by atoms with Gasteiger partial charge >= 0.3 is 0 Å². The maximum Gasteiger partial charge on any atom is 0.271 e. The van der Waals surface area contributed by atoms with E-state index in [1.165, 1.54) is 11.3 Å². The van der Waals surface area contributed by atoms with Crippen molar-refractivity contribution in [3.05, 3.63) is 80.8 Å². The Labute approximate surface area is 205 Å². The highest BCUT2D eigenvalue weighted by Gasteiger charge is 2.35. The van der Waals surface area contributed by atoms with Gasteiger partial charge in [0.05, 0.1) is 16.8 Å². The lowest BCUT2D eigenvalue weighted by molar-refractivity contribution is -0.123. The molecule has 34 heavy (non-hydrogen) atoms. The molecule has 1 N–H and O–H groups in total. The van der Waals surface area contributed by atoms with E-state index in [2.05, 4.69) is 10.3 Å². The van der Waals surface area contributed by atoms with E-state index in [-0.39, 0.29) is 17.9 Å². The van der Waals surface area contributed by atoms with Gasteiger partial charge in [0.2, 0.25) is 5.91 Å². The molecule has 0 aliphatic carbocycles. The molecule has 0 bridgehead atoms. The van der Waals surface area contributed by atoms with Gasteiger partial charge in [-0.1, -0.05) is 36.4 Å². The number of amides is 2. The number of aryl methyl sites for hydroxylation is 4. The summed E-state index contributed by atoms with van der Waals surface area (Å²) in [7, 11) is 0. The number of thiazole rings is 1. The fourth-order valence-corrected chi connectivity index (χ4v) is 5.12. The number of anilines is 1. The van der Waals surface area contributed by atoms with Crippen LogP contribution in [-0.2, 0) is 9.53 Å². The molecule has 2 aromatic carbocycles. The number of aromatic nitrogens is 1. The van der Waals surface area contributed by atoms with Crippen molar-refractivity contribution in [2.24, 2.45) is 0 Å². The summed E-state index contributed by atoms with van der Waals surface area (Å²) in [5.41, 5.74) is 4.28. The van der Waals surface area contributed by atoms with Crippen molar-refractivity contribution in [2.45, 2.75) is 52.7 Å². The molecule has 1 aromatic heterocycles. The predicted octanol–water partition coefficient (Wildman–Crippen LogP) is 5.06. The minimum atomic E-state index is -0.834. The smallest absolute Gasteiger partial charge is 0.271 e. The second-order valence-corrected chi connectivity index (χ2v) is 9.99. The molecule has 3 aromatic rings. The van der Waals surface area contributed by atoms with Crippen LogP contribution in [-0.4, -0.2) is 36.1 Å². The Bertz CT molecular complexity index is 1170. The van der Waals surface area contributed by atoms with Gasteiger partial charge in [-0.05, 0) is 69.4 Å². The average Bonchev–Trinajstić information content (AvgIpc) is 3.47. The van der Waals surface area contributed by atoms with Gasteiger partial charge < -0.3 is 10.1 Å². The lowest BCUT2D eigenvalue weighted by Crippen LogP contribution is -2.45. The van der Waals surface area contributed by atoms with Crippen molar-refractivity contribution in [1.29, 1.82) is 0 Å². The molecule has 6 nitrogen and oxygen atoms in total. The van der Waals surface area contributed by atoms with Gasteiger partial charge in [-0.25, -0.2) is 4.98 Å². The quantitative estimate of drug-likeness (QED) is 0.516. The Morgan fingerprint density at radius 3 is 2.50 bits per heavy atom. The van der Waals surface area contributed by atoms with Crippen molar-refractivity contribution < 1.29 is 14.3 Å². The number of nitrogens with one attached hydrogen (secondary N) is 1. The maximum absolute atomic E-state index is 14.0. The van der Waals surface area contributed by atoms with Gasteiger partial charge in [0.1, 0.15) is 10.9 Å². The number of nitrogens with zero attached hydrogens (tertiary/aromatic N) is 2. The summed E-state index contributed by atoms with van der Waals surface area (Å²) in [6, 6.07) is 14.5. The third-order valence-corrected chi connectivity index (χ3v) is 7.30. The average molecular weight is 478 g/mol. The van der Waals surface area contributed by atoms with Crippen molar-refractivity contribution in [1.82, 2.24) is 10.3 Å². The number of benzene rings is 2. The molecule has 0 radical (unpaired) electrons. The summed E-state index contributed by atoms with van der Waals surface area (Å²) in [6.07, 6.45) is 1.94. The van der Waals surface area contributed by atoms with Gasteiger partial charge in [0, 0.05) is 18.8 Å². The standard InChI is InChI=1S/C27H31N3O3S/c1-17-12-13-22(15-18(17)2)30(27(32)25-19(3)29-20(4)34-25)24(21-9-6-5-7-10-21)26(31)28-16-23-11-8-14-33-23/h5-7,9-10,12-13,15,23-24H,8,11,14,16H2,1-4H3,(H,28,31)/t23-,24-/m0/s1. The van der Waals surface area contributed by atoms with Crippen molar-refractivity contribution in [3.63, 3.8) is 0 Å². The maximum atomic E-state index is 14.0. The highest BCUT2D eigenvalue weighted by molar-refractivity contribution is 7.13. The number of ether oxygens (including phenoxy) is 1. The summed E-state index contributed by atoms with van der Waals surface area (Å²) in [5, 5.41) is 3.87. The van der Waals surface area contributed by atoms with Gasteiger partial charge in [-0.15, -0.1) is 11.3 Å². The Kier molecular flexibility index (Phi) is 7.44. The summed E-state index contributed by atoms with van der Waals surface area (Å²) >= 11 is 1.36. The SMILES string of the molecule is Cc1nc(C)c(C(=O)N(c2ccc(C)c(C)c2)[C@H](C(=O)NC[C@@H]2CCCO2)c2ccccc2)s1. The molecule has 1 aliphatic heterocycles. The van der Waals surface area contributed by atoms with E-state index in [1.807, 2.05) is 76.2 Å². The number of hydrogen-bond acceptors (Lipinski definition) is 5. The van der Waals surface area contributed by atoms with E-state index in [0.29, 0.717) is 22.8 Å². The number of carbonyl (C=O) groups is 2. The number of rotatable bonds is 7. The number of hydrogen-bond donors (Lipinski definition) is 1. The second-order valence-electron chi connectivity index (χ2n) is 8.78. The molecule has 0 unspecified atom stereocenters. The highest BCUT2D eigenvalue weighted by atomic mass is 32.1. The zero-order valence-electron chi connectivity index (χ0n) is 20.1. The van der Waals surface area contributed by atoms with E-state index in [4.69, 9.17) is 4.74 Å². The first-order chi connectivity index (χ1) is 16.3. The van der Waals surface area contributed by atoms with Gasteiger partial charge in [-0.2, -0.15) is 0 Å². The largest absolute Gasteiger partial charge is 0.376 e. The van der Waals surface area contributed by atoms with Crippen molar-refractivity contribution in [2.75, 3.05) is 18.1 Å². The molecular weight excluding hydrogens is 446 g/mol. The fourth-order valence-electron chi connectivity index (χ4n) is 4.27. The lowest BCUT2D eigenvalue weighted by atomic mass is 10.0. The van der Waals surface area contributed by atoms with Crippen LogP contribution in [0.5, 0.6) is 0 Å². The third-order valence-electron chi connectivity index (χ3n) is 6.24. The van der Waals surface area contributed by atoms with Crippen LogP contribution in [0.15, 0.2) is 48.5 Å². The van der Waals surface area contributed by atoms with E-state index < -0.39 is 6.04 Å². The van der Waals surface area contributed by atoms with Crippen LogP contribution in [0.1, 0.15) is 55.9 Å². The fraction of sp³-hybridized carbons (Fsp3) is 0.370. The first-order valence-electron chi connectivity index (χ1n) is 11.6. The zero-order valence-corrected chi connectivity index (χ0v) is 20.9. The van der Waals surface area contributed by atoms with Crippen LogP contribution in [0.3, 0.4) is 0 Å². The zero-order chi connectivity index (χ0) is 24.2. The van der Waals surface area contributed by atoms with Crippen LogP contribution in [0.25, 0.3) is 0 Å². The molecule has 2 amide bonds. The van der Waals surface area contributed by atoms with Crippen LogP contribution >= 0.6 is 11.3 Å². The van der Waals surface area contributed by atoms with Crippen molar-refractivity contribution >= 4 is 28.8 Å². The summed E-state index contributed by atoms with van der Waals surface area (Å²) in [6.45, 7) is 8.92. The molecule has 0 saturated carbocycles. The second kappa shape index (κ2) is 10.5. The third kappa shape index (κ3) is 5.21. The van der Waals surface area contributed by atoms with Crippen molar-refractivity contribution in [3.8, 4) is 0 Å². The molecule has 178 valence electrons. The minimum absolute atomic E-state index is 0.0116. The molecule has 2 atom stereocenters. The first-order valence-corrected chi connectivity index (χ1v) is 12.5. The molecule has 1 fully saturated rings. The molecule has 7 heteroatoms. The molecular formula is C27H31N3O3S. The normalized spacial score (nSPS) is 16.3. The summed E-state index contributed by atoms with van der Waals surface area (Å²) in [5.74, 6) is -0.459. The predicted molar refractivity (Wildman–Crippen MR) is 135 cm³/mol. The van der Waals surface area contributed by atoms with Crippen LogP contribution < -0.4 is 10.2 Å². The van der Waals surface area contributed by atoms with Gasteiger partial charge in [-0.3, -0.25) is 14.5 Å². The molecule has 0 spiro atoms. The molecule has 4 rings (SSSR count). The van der Waals surface area contributed by atoms with E-state index in [1.54, 1.807) is 4.90 Å². The summed E-state index contributed by atoms with van der Waals surface area (Å²) < 4.78 is 5.70. The summed E-state index contributed by atoms with van der Waals surface area (Å²) in [4.78, 5) is 34.4. The Morgan fingerprint density at radius 2 is 1.88 bits per heavy atom. The Hall–Kier alpha value is -3.03. The van der Waals surface area contributed by atoms with Crippen LogP contribution in [0.2, 0.25) is 0 Å². The van der Waals surface area contributed by atoms with E-state index in [9.17, 15) is 9.59 Å². The topological polar surface area (TPSA) is 71.5 Å². The first kappa shape index (κ1) is 24.1. The van der Waals surface area contributed by atoms with Gasteiger partial charge in [0.25, 0.3) is 5.91 Å². The van der Waals surface area contributed by atoms with E-state index >= 15 is 0 Å². The minimum Gasteiger partial charge on any atom is -0.376 e. The molecule has 2 heterocycles.